The molecule has 0 radical (unpaired) electrons. The summed E-state index contributed by atoms with van der Waals surface area (Å²) in [5, 5.41) is 0. The number of aromatic amines is 1. The minimum Gasteiger partial charge on any atom is -0.383 e. The molecule has 0 spiro atoms. The zero-order chi connectivity index (χ0) is 8.97. The molecule has 0 fully saturated rings. The Morgan fingerprint density at radius 3 is 3.00 bits per heavy atom. The molecule has 5 nitrogen and oxygen atoms in total. The van der Waals surface area contributed by atoms with Crippen LogP contribution in [0.15, 0.2) is 4.79 Å². The van der Waals surface area contributed by atoms with Crippen molar-refractivity contribution < 1.29 is 4.74 Å². The number of H-pyrrole nitrogens is 1. The summed E-state index contributed by atoms with van der Waals surface area (Å²) in [6.45, 7) is 1.26. The van der Waals surface area contributed by atoms with Crippen LogP contribution in [0.1, 0.15) is 0 Å². The van der Waals surface area contributed by atoms with Gasteiger partial charge in [-0.2, -0.15) is 4.37 Å². The van der Waals surface area contributed by atoms with E-state index in [0.717, 1.165) is 11.7 Å². The molecule has 6 heteroatoms. The molecular weight excluding hydrogens is 178 g/mol. The molecule has 0 aliphatic carbocycles. The average Bonchev–Trinajstić information content (AvgIpc) is 2.47. The van der Waals surface area contributed by atoms with Gasteiger partial charge in [0.05, 0.1) is 6.61 Å². The zero-order valence-electron chi connectivity index (χ0n) is 7.03. The monoisotopic (exact) mass is 189 g/mol. The van der Waals surface area contributed by atoms with Gasteiger partial charge in [-0.25, -0.2) is 0 Å². The van der Waals surface area contributed by atoms with Crippen molar-refractivity contribution in [2.75, 3.05) is 32.2 Å². The van der Waals surface area contributed by atoms with Gasteiger partial charge >= 0.3 is 5.56 Å². The highest BCUT2D eigenvalue weighted by Gasteiger charge is 2.07. The number of likely N-dealkylation sites (N-methyl/N-ethyl adjacent to an activating group) is 1. The number of anilines is 1. The molecule has 0 aromatic carbocycles. The maximum atomic E-state index is 11.0. The minimum absolute atomic E-state index is 0.140. The molecule has 0 unspecified atom stereocenters. The lowest BCUT2D eigenvalue weighted by molar-refractivity contribution is 0.206. The number of hydrogen-bond acceptors (Lipinski definition) is 5. The Bertz CT molecular complexity index is 282. The second-order valence-electron chi connectivity index (χ2n) is 2.35. The van der Waals surface area contributed by atoms with Gasteiger partial charge in [0.15, 0.2) is 0 Å². The molecule has 0 saturated carbocycles. The number of nitrogens with zero attached hydrogens (tertiary/aromatic N) is 2. The van der Waals surface area contributed by atoms with Crippen molar-refractivity contribution in [2.45, 2.75) is 0 Å². The molecule has 0 bridgehead atoms. The fourth-order valence-corrected chi connectivity index (χ4v) is 1.30. The van der Waals surface area contributed by atoms with Crippen LogP contribution >= 0.6 is 11.7 Å². The summed E-state index contributed by atoms with van der Waals surface area (Å²) in [4.78, 5) is 12.8. The third-order valence-electron chi connectivity index (χ3n) is 1.47. The molecule has 1 heterocycles. The van der Waals surface area contributed by atoms with Crippen LogP contribution in [-0.4, -0.2) is 36.1 Å². The van der Waals surface area contributed by atoms with E-state index < -0.39 is 0 Å². The first-order valence-corrected chi connectivity index (χ1v) is 4.27. The Hall–Kier alpha value is -0.880. The van der Waals surface area contributed by atoms with Gasteiger partial charge in [-0.05, 0) is 0 Å². The molecule has 0 aliphatic heterocycles. The third-order valence-corrected chi connectivity index (χ3v) is 2.01. The van der Waals surface area contributed by atoms with E-state index in [0.29, 0.717) is 19.0 Å². The number of aromatic nitrogens is 2. The SMILES string of the molecule is COCCN(C)c1ns[nH]c1=O. The topological polar surface area (TPSA) is 58.2 Å². The molecule has 12 heavy (non-hydrogen) atoms. The van der Waals surface area contributed by atoms with Crippen LogP contribution in [0, 0.1) is 0 Å². The van der Waals surface area contributed by atoms with Crippen molar-refractivity contribution in [1.82, 2.24) is 8.75 Å². The van der Waals surface area contributed by atoms with Crippen LogP contribution in [0.4, 0.5) is 5.82 Å². The maximum absolute atomic E-state index is 11.0. The normalized spacial score (nSPS) is 10.2. The first kappa shape index (κ1) is 9.21. The molecule has 0 atom stereocenters. The predicted molar refractivity (Wildman–Crippen MR) is 47.9 cm³/mol. The lowest BCUT2D eigenvalue weighted by Gasteiger charge is -2.13. The summed E-state index contributed by atoms with van der Waals surface area (Å²) in [5.74, 6) is 0.456. The molecule has 0 saturated heterocycles. The van der Waals surface area contributed by atoms with Gasteiger partial charge in [-0.15, -0.1) is 0 Å². The van der Waals surface area contributed by atoms with Crippen molar-refractivity contribution in [3.8, 4) is 0 Å². The van der Waals surface area contributed by atoms with Crippen LogP contribution in [-0.2, 0) is 4.74 Å². The Morgan fingerprint density at radius 2 is 2.50 bits per heavy atom. The molecule has 1 aromatic heterocycles. The van der Waals surface area contributed by atoms with Crippen LogP contribution in [0.5, 0.6) is 0 Å². The van der Waals surface area contributed by atoms with Crippen molar-refractivity contribution in [2.24, 2.45) is 0 Å². The average molecular weight is 189 g/mol. The molecule has 1 aromatic rings. The number of methoxy groups -OCH3 is 1. The first-order valence-electron chi connectivity index (χ1n) is 3.50. The molecule has 1 N–H and O–H groups in total. The van der Waals surface area contributed by atoms with Crippen molar-refractivity contribution in [3.63, 3.8) is 0 Å². The number of nitrogens with one attached hydrogen (secondary N) is 1. The second kappa shape index (κ2) is 4.22. The summed E-state index contributed by atoms with van der Waals surface area (Å²) in [7, 11) is 3.43. The Morgan fingerprint density at radius 1 is 1.75 bits per heavy atom. The van der Waals surface area contributed by atoms with E-state index in [1.54, 1.807) is 12.0 Å². The fraction of sp³-hybridized carbons (Fsp3) is 0.667. The van der Waals surface area contributed by atoms with Crippen molar-refractivity contribution in [1.29, 1.82) is 0 Å². The summed E-state index contributed by atoms with van der Waals surface area (Å²) in [6, 6.07) is 0. The second-order valence-corrected chi connectivity index (χ2v) is 2.92. The Kier molecular flexibility index (Phi) is 3.24. The zero-order valence-corrected chi connectivity index (χ0v) is 7.85. The smallest absolute Gasteiger partial charge is 0.302 e. The Balaban J connectivity index is 2.59. The molecule has 68 valence electrons. The van der Waals surface area contributed by atoms with Gasteiger partial charge in [0, 0.05) is 32.4 Å². The van der Waals surface area contributed by atoms with E-state index >= 15 is 0 Å². The third kappa shape index (κ3) is 2.05. The summed E-state index contributed by atoms with van der Waals surface area (Å²) in [5.41, 5.74) is -0.140. The maximum Gasteiger partial charge on any atom is 0.302 e. The fourth-order valence-electron chi connectivity index (χ4n) is 0.772. The van der Waals surface area contributed by atoms with E-state index in [-0.39, 0.29) is 5.56 Å². The lowest BCUT2D eigenvalue weighted by Crippen LogP contribution is -2.26. The standard InChI is InChI=1S/C6H11N3O2S/c1-9(3-4-11-2)5-6(10)8-12-7-5/h3-4H2,1-2H3,(H,8,10). The predicted octanol–water partition coefficient (Wildman–Crippen LogP) is -0.0860. The van der Waals surface area contributed by atoms with Gasteiger partial charge in [-0.1, -0.05) is 0 Å². The van der Waals surface area contributed by atoms with Crippen LogP contribution in [0.3, 0.4) is 0 Å². The van der Waals surface area contributed by atoms with Crippen molar-refractivity contribution >= 4 is 17.5 Å². The van der Waals surface area contributed by atoms with Gasteiger partial charge in [0.2, 0.25) is 5.82 Å². The largest absolute Gasteiger partial charge is 0.383 e. The van der Waals surface area contributed by atoms with E-state index in [4.69, 9.17) is 4.74 Å². The van der Waals surface area contributed by atoms with Gasteiger partial charge in [0.1, 0.15) is 0 Å². The quantitative estimate of drug-likeness (QED) is 0.719. The van der Waals surface area contributed by atoms with Crippen LogP contribution in [0.2, 0.25) is 0 Å². The summed E-state index contributed by atoms with van der Waals surface area (Å²) < 4.78 is 11.3. The van der Waals surface area contributed by atoms with Crippen LogP contribution in [0.25, 0.3) is 0 Å². The van der Waals surface area contributed by atoms with Gasteiger partial charge in [0.25, 0.3) is 0 Å². The molecule has 1 rings (SSSR count). The molecule has 0 aliphatic rings. The van der Waals surface area contributed by atoms with E-state index in [1.165, 1.54) is 0 Å². The summed E-state index contributed by atoms with van der Waals surface area (Å²) >= 11 is 1.06. The first-order chi connectivity index (χ1) is 5.75. The molecular formula is C6H11N3O2S. The number of rotatable bonds is 4. The van der Waals surface area contributed by atoms with Crippen molar-refractivity contribution in [3.05, 3.63) is 10.4 Å². The lowest BCUT2D eigenvalue weighted by atomic mass is 10.5. The van der Waals surface area contributed by atoms with Crippen LogP contribution < -0.4 is 10.5 Å². The van der Waals surface area contributed by atoms with Gasteiger partial charge < -0.3 is 9.64 Å². The highest BCUT2D eigenvalue weighted by atomic mass is 32.1. The Labute approximate surface area is 74.3 Å². The van der Waals surface area contributed by atoms with E-state index in [9.17, 15) is 4.79 Å². The number of hydrogen-bond donors (Lipinski definition) is 1. The highest BCUT2D eigenvalue weighted by Crippen LogP contribution is 2.00. The number of ether oxygens (including phenoxy) is 1. The summed E-state index contributed by atoms with van der Waals surface area (Å²) in [6.07, 6.45) is 0. The van der Waals surface area contributed by atoms with E-state index in [1.807, 2.05) is 7.05 Å². The van der Waals surface area contributed by atoms with Gasteiger partial charge in [-0.3, -0.25) is 9.17 Å². The van der Waals surface area contributed by atoms with E-state index in [2.05, 4.69) is 8.75 Å². The minimum atomic E-state index is -0.140. The highest BCUT2D eigenvalue weighted by molar-refractivity contribution is 6.99. The molecule has 0 amide bonds.